The zero-order chi connectivity index (χ0) is 14.3. The van der Waals surface area contributed by atoms with Crippen LogP contribution in [0.3, 0.4) is 0 Å². The van der Waals surface area contributed by atoms with E-state index in [1.165, 1.54) is 12.8 Å². The van der Waals surface area contributed by atoms with Gasteiger partial charge in [-0.3, -0.25) is 4.79 Å². The van der Waals surface area contributed by atoms with E-state index in [0.29, 0.717) is 12.6 Å². The first-order chi connectivity index (χ1) is 9.04. The number of carboxylic acid groups (broad SMARTS) is 1. The topological polar surface area (TPSA) is 69.6 Å². The summed E-state index contributed by atoms with van der Waals surface area (Å²) in [5.74, 6) is -0.850. The van der Waals surface area contributed by atoms with Crippen molar-refractivity contribution < 1.29 is 14.7 Å². The number of carbonyl (C=O) groups is 2. The first-order valence-electron chi connectivity index (χ1n) is 7.30. The molecule has 19 heavy (non-hydrogen) atoms. The lowest BCUT2D eigenvalue weighted by molar-refractivity contribution is -0.137. The van der Waals surface area contributed by atoms with Gasteiger partial charge >= 0.3 is 12.0 Å². The molecule has 0 bridgehead atoms. The highest BCUT2D eigenvalue weighted by Gasteiger charge is 2.24. The summed E-state index contributed by atoms with van der Waals surface area (Å²) in [7, 11) is 0. The van der Waals surface area contributed by atoms with E-state index in [1.54, 1.807) is 0 Å². The Labute approximate surface area is 115 Å². The predicted molar refractivity (Wildman–Crippen MR) is 74.1 cm³/mol. The van der Waals surface area contributed by atoms with Crippen molar-refractivity contribution in [3.05, 3.63) is 0 Å². The fourth-order valence-corrected chi connectivity index (χ4v) is 2.60. The second kappa shape index (κ2) is 8.02. The smallest absolute Gasteiger partial charge is 0.317 e. The van der Waals surface area contributed by atoms with Crippen LogP contribution in [0.1, 0.15) is 52.4 Å². The fraction of sp³-hybridized carbons (Fsp3) is 0.857. The third-order valence-electron chi connectivity index (χ3n) is 3.73. The number of hydrogen-bond acceptors (Lipinski definition) is 2. The molecule has 0 aliphatic carbocycles. The third kappa shape index (κ3) is 5.49. The summed E-state index contributed by atoms with van der Waals surface area (Å²) in [5.41, 5.74) is 0. The van der Waals surface area contributed by atoms with E-state index in [2.05, 4.69) is 12.2 Å². The van der Waals surface area contributed by atoms with E-state index < -0.39 is 5.97 Å². The number of nitrogens with zero attached hydrogens (tertiary/aromatic N) is 1. The van der Waals surface area contributed by atoms with Crippen molar-refractivity contribution in [2.75, 3.05) is 13.1 Å². The quantitative estimate of drug-likeness (QED) is 0.806. The van der Waals surface area contributed by atoms with Gasteiger partial charge in [0, 0.05) is 25.6 Å². The van der Waals surface area contributed by atoms with Crippen LogP contribution >= 0.6 is 0 Å². The number of urea groups is 1. The number of amides is 2. The van der Waals surface area contributed by atoms with Crippen molar-refractivity contribution in [1.29, 1.82) is 0 Å². The van der Waals surface area contributed by atoms with Crippen molar-refractivity contribution in [2.45, 2.75) is 58.4 Å². The van der Waals surface area contributed by atoms with Crippen molar-refractivity contribution in [3.63, 3.8) is 0 Å². The molecule has 1 rings (SSSR count). The van der Waals surface area contributed by atoms with Gasteiger partial charge in [-0.1, -0.05) is 26.7 Å². The average Bonchev–Trinajstić information content (AvgIpc) is 2.60. The van der Waals surface area contributed by atoms with E-state index in [0.717, 1.165) is 25.8 Å². The Kier molecular flexibility index (Phi) is 6.67. The van der Waals surface area contributed by atoms with Gasteiger partial charge in [0.25, 0.3) is 0 Å². The van der Waals surface area contributed by atoms with Crippen molar-refractivity contribution in [1.82, 2.24) is 10.2 Å². The van der Waals surface area contributed by atoms with E-state index in [1.807, 2.05) is 11.8 Å². The molecule has 2 N–H and O–H groups in total. The molecule has 1 fully saturated rings. The summed E-state index contributed by atoms with van der Waals surface area (Å²) in [6, 6.07) is 0.295. The molecule has 0 aromatic carbocycles. The van der Waals surface area contributed by atoms with Gasteiger partial charge in [0.1, 0.15) is 0 Å². The van der Waals surface area contributed by atoms with E-state index in [9.17, 15) is 9.59 Å². The normalized spacial score (nSPS) is 21.6. The van der Waals surface area contributed by atoms with E-state index >= 15 is 0 Å². The molecule has 0 aromatic heterocycles. The molecule has 5 nitrogen and oxygen atoms in total. The standard InChI is InChI=1S/C14H26N2O3/c1-3-12-7-5-4-6-8-16(12)14(19)15-10-11(2)9-13(17)18/h11-12H,3-10H2,1-2H3,(H,15,19)(H,17,18). The Balaban J connectivity index is 2.43. The number of nitrogens with one attached hydrogen (secondary N) is 1. The summed E-state index contributed by atoms with van der Waals surface area (Å²) >= 11 is 0. The van der Waals surface area contributed by atoms with Gasteiger partial charge in [-0.2, -0.15) is 0 Å². The van der Waals surface area contributed by atoms with E-state index in [-0.39, 0.29) is 18.4 Å². The fourth-order valence-electron chi connectivity index (χ4n) is 2.60. The number of hydrogen-bond donors (Lipinski definition) is 2. The Bertz CT molecular complexity index is 307. The van der Waals surface area contributed by atoms with Crippen LogP contribution in [0, 0.1) is 5.92 Å². The second-order valence-electron chi connectivity index (χ2n) is 5.49. The van der Waals surface area contributed by atoms with Gasteiger partial charge in [-0.15, -0.1) is 0 Å². The predicted octanol–water partition coefficient (Wildman–Crippen LogP) is 2.46. The van der Waals surface area contributed by atoms with Crippen LogP contribution in [-0.4, -0.2) is 41.1 Å². The highest BCUT2D eigenvalue weighted by atomic mass is 16.4. The lowest BCUT2D eigenvalue weighted by atomic mass is 10.1. The summed E-state index contributed by atoms with van der Waals surface area (Å²) < 4.78 is 0. The minimum absolute atomic E-state index is 0.0338. The highest BCUT2D eigenvalue weighted by molar-refractivity contribution is 5.74. The lowest BCUT2D eigenvalue weighted by Gasteiger charge is -2.29. The maximum Gasteiger partial charge on any atom is 0.317 e. The van der Waals surface area contributed by atoms with Gasteiger partial charge in [0.15, 0.2) is 0 Å². The highest BCUT2D eigenvalue weighted by Crippen LogP contribution is 2.19. The Morgan fingerprint density at radius 3 is 2.74 bits per heavy atom. The largest absolute Gasteiger partial charge is 0.481 e. The summed E-state index contributed by atoms with van der Waals surface area (Å²) in [6.45, 7) is 5.20. The maximum atomic E-state index is 12.2. The summed E-state index contributed by atoms with van der Waals surface area (Å²) in [4.78, 5) is 24.7. The molecule has 5 heteroatoms. The van der Waals surface area contributed by atoms with Crippen LogP contribution in [0.5, 0.6) is 0 Å². The Hall–Kier alpha value is -1.26. The molecule has 1 saturated heterocycles. The molecule has 1 heterocycles. The van der Waals surface area contributed by atoms with Gasteiger partial charge in [0.2, 0.25) is 0 Å². The van der Waals surface area contributed by atoms with Gasteiger partial charge in [-0.05, 0) is 25.2 Å². The number of carboxylic acids is 1. The van der Waals surface area contributed by atoms with Crippen LogP contribution in [0.25, 0.3) is 0 Å². The third-order valence-corrected chi connectivity index (χ3v) is 3.73. The Morgan fingerprint density at radius 1 is 1.37 bits per heavy atom. The van der Waals surface area contributed by atoms with Gasteiger partial charge in [0.05, 0.1) is 0 Å². The minimum atomic E-state index is -0.817. The number of carbonyl (C=O) groups excluding carboxylic acids is 1. The van der Waals surface area contributed by atoms with Crippen LogP contribution in [0.15, 0.2) is 0 Å². The Morgan fingerprint density at radius 2 is 2.11 bits per heavy atom. The molecule has 2 amide bonds. The zero-order valence-electron chi connectivity index (χ0n) is 12.0. The number of rotatable bonds is 5. The second-order valence-corrected chi connectivity index (χ2v) is 5.49. The molecule has 0 aromatic rings. The van der Waals surface area contributed by atoms with Crippen LogP contribution < -0.4 is 5.32 Å². The minimum Gasteiger partial charge on any atom is -0.481 e. The van der Waals surface area contributed by atoms with Gasteiger partial charge < -0.3 is 15.3 Å². The van der Waals surface area contributed by atoms with E-state index in [4.69, 9.17) is 5.11 Å². The molecule has 1 aliphatic rings. The molecule has 0 spiro atoms. The van der Waals surface area contributed by atoms with Gasteiger partial charge in [-0.25, -0.2) is 4.79 Å². The maximum absolute atomic E-state index is 12.2. The molecule has 2 unspecified atom stereocenters. The summed E-state index contributed by atoms with van der Waals surface area (Å²) in [5, 5.41) is 11.6. The molecular weight excluding hydrogens is 244 g/mol. The SMILES string of the molecule is CCC1CCCCCN1C(=O)NCC(C)CC(=O)O. The molecular formula is C14H26N2O3. The monoisotopic (exact) mass is 270 g/mol. The average molecular weight is 270 g/mol. The lowest BCUT2D eigenvalue weighted by Crippen LogP contribution is -2.46. The first-order valence-corrected chi connectivity index (χ1v) is 7.30. The number of likely N-dealkylation sites (tertiary alicyclic amines) is 1. The van der Waals surface area contributed by atoms with Crippen LogP contribution in [-0.2, 0) is 4.79 Å². The van der Waals surface area contributed by atoms with Crippen molar-refractivity contribution >= 4 is 12.0 Å². The zero-order valence-corrected chi connectivity index (χ0v) is 12.0. The molecule has 0 saturated carbocycles. The van der Waals surface area contributed by atoms with Crippen LogP contribution in [0.2, 0.25) is 0 Å². The van der Waals surface area contributed by atoms with Crippen molar-refractivity contribution in [2.24, 2.45) is 5.92 Å². The molecule has 1 aliphatic heterocycles. The molecule has 2 atom stereocenters. The summed E-state index contributed by atoms with van der Waals surface area (Å²) in [6.07, 6.45) is 5.60. The number of aliphatic carboxylic acids is 1. The first kappa shape index (κ1) is 15.8. The molecule has 110 valence electrons. The molecule has 0 radical (unpaired) electrons. The van der Waals surface area contributed by atoms with Crippen molar-refractivity contribution in [3.8, 4) is 0 Å². The van der Waals surface area contributed by atoms with Crippen LogP contribution in [0.4, 0.5) is 4.79 Å².